The normalized spacial score (nSPS) is 10.7. The van der Waals surface area contributed by atoms with E-state index in [1.54, 1.807) is 31.4 Å². The average molecular weight is 290 g/mol. The molecule has 6 nitrogen and oxygen atoms in total. The van der Waals surface area contributed by atoms with Crippen LogP contribution in [-0.4, -0.2) is 24.7 Å². The molecule has 0 aliphatic rings. The summed E-state index contributed by atoms with van der Waals surface area (Å²) in [7, 11) is -1.96. The van der Waals surface area contributed by atoms with Crippen LogP contribution in [0.3, 0.4) is 0 Å². The number of rotatable bonds is 3. The summed E-state index contributed by atoms with van der Waals surface area (Å²) in [6, 6.07) is 7.93. The molecule has 0 saturated heterocycles. The maximum Gasteiger partial charge on any atom is 0.263 e. The summed E-state index contributed by atoms with van der Waals surface area (Å²) in [4.78, 5) is 0.131. The summed E-state index contributed by atoms with van der Waals surface area (Å²) in [6.45, 7) is 0.225. The molecule has 2 rings (SSSR count). The van der Waals surface area contributed by atoms with E-state index in [0.29, 0.717) is 5.56 Å². The van der Waals surface area contributed by atoms with Crippen molar-refractivity contribution >= 4 is 15.8 Å². The van der Waals surface area contributed by atoms with E-state index in [0.717, 1.165) is 0 Å². The lowest BCUT2D eigenvalue weighted by molar-refractivity contribution is 0.601. The third-order valence-corrected chi connectivity index (χ3v) is 3.78. The van der Waals surface area contributed by atoms with Crippen molar-refractivity contribution in [1.29, 1.82) is 0 Å². The van der Waals surface area contributed by atoms with Crippen LogP contribution in [0.25, 0.3) is 0 Å². The standard InChI is InChI=1S/C13H14N4O2S/c1-17-9-7-13(15-17)16-20(18,19)12-6-2-4-11(10-12)5-3-8-14/h2,4,6-7,9-10H,8,14H2,1H3,(H,15,16). The number of nitrogens with zero attached hydrogens (tertiary/aromatic N) is 2. The first-order chi connectivity index (χ1) is 9.51. The zero-order valence-corrected chi connectivity index (χ0v) is 11.7. The smallest absolute Gasteiger partial charge is 0.263 e. The van der Waals surface area contributed by atoms with Crippen LogP contribution in [0.5, 0.6) is 0 Å². The Kier molecular flexibility index (Phi) is 4.08. The molecule has 0 amide bonds. The van der Waals surface area contributed by atoms with E-state index < -0.39 is 10.0 Å². The molecule has 2 aromatic rings. The van der Waals surface area contributed by atoms with Crippen molar-refractivity contribution in [3.8, 4) is 11.8 Å². The van der Waals surface area contributed by atoms with Gasteiger partial charge in [0.1, 0.15) is 0 Å². The van der Waals surface area contributed by atoms with Crippen LogP contribution in [0.1, 0.15) is 5.56 Å². The fourth-order valence-electron chi connectivity index (χ4n) is 1.56. The summed E-state index contributed by atoms with van der Waals surface area (Å²) < 4.78 is 28.3. The fraction of sp³-hybridized carbons (Fsp3) is 0.154. The third-order valence-electron chi connectivity index (χ3n) is 2.43. The van der Waals surface area contributed by atoms with E-state index >= 15 is 0 Å². The van der Waals surface area contributed by atoms with Crippen LogP contribution in [0, 0.1) is 11.8 Å². The van der Waals surface area contributed by atoms with Crippen molar-refractivity contribution < 1.29 is 8.42 Å². The van der Waals surface area contributed by atoms with Crippen LogP contribution in [0.4, 0.5) is 5.82 Å². The molecule has 7 heteroatoms. The van der Waals surface area contributed by atoms with E-state index in [1.807, 2.05) is 0 Å². The number of benzene rings is 1. The highest BCUT2D eigenvalue weighted by Crippen LogP contribution is 2.15. The average Bonchev–Trinajstić information content (AvgIpc) is 2.81. The van der Waals surface area contributed by atoms with Crippen LogP contribution in [-0.2, 0) is 17.1 Å². The molecule has 1 aromatic heterocycles. The molecule has 0 radical (unpaired) electrons. The van der Waals surface area contributed by atoms with Crippen molar-refractivity contribution in [3.63, 3.8) is 0 Å². The Labute approximate surface area is 117 Å². The summed E-state index contributed by atoms with van der Waals surface area (Å²) in [5, 5.41) is 3.98. The second kappa shape index (κ2) is 5.77. The Morgan fingerprint density at radius 2 is 2.20 bits per heavy atom. The van der Waals surface area contributed by atoms with Gasteiger partial charge in [-0.2, -0.15) is 5.10 Å². The molecule has 0 bridgehead atoms. The van der Waals surface area contributed by atoms with Gasteiger partial charge in [0.2, 0.25) is 0 Å². The Bertz CT molecular complexity index is 769. The maximum absolute atomic E-state index is 12.2. The second-order valence-electron chi connectivity index (χ2n) is 4.01. The van der Waals surface area contributed by atoms with Crippen LogP contribution < -0.4 is 10.5 Å². The summed E-state index contributed by atoms with van der Waals surface area (Å²) in [5.41, 5.74) is 5.89. The van der Waals surface area contributed by atoms with E-state index in [1.165, 1.54) is 16.8 Å². The number of aryl methyl sites for hydroxylation is 1. The molecular formula is C13H14N4O2S. The van der Waals surface area contributed by atoms with Gasteiger partial charge in [0.15, 0.2) is 5.82 Å². The van der Waals surface area contributed by atoms with Gasteiger partial charge in [0.25, 0.3) is 10.0 Å². The molecule has 0 atom stereocenters. The second-order valence-corrected chi connectivity index (χ2v) is 5.70. The first-order valence-electron chi connectivity index (χ1n) is 5.83. The van der Waals surface area contributed by atoms with Gasteiger partial charge in [-0.25, -0.2) is 8.42 Å². The largest absolute Gasteiger partial charge is 0.320 e. The zero-order chi connectivity index (χ0) is 14.6. The Balaban J connectivity index is 2.29. The summed E-state index contributed by atoms with van der Waals surface area (Å²) >= 11 is 0. The lowest BCUT2D eigenvalue weighted by Crippen LogP contribution is -2.13. The molecular weight excluding hydrogens is 276 g/mol. The molecule has 1 heterocycles. The van der Waals surface area contributed by atoms with Crippen molar-refractivity contribution in [1.82, 2.24) is 9.78 Å². The topological polar surface area (TPSA) is 90.0 Å². The molecule has 0 saturated carbocycles. The SMILES string of the molecule is Cn1ccc(NS(=O)(=O)c2cccc(C#CCN)c2)n1. The number of sulfonamides is 1. The van der Waals surface area contributed by atoms with Crippen molar-refractivity contribution in [2.24, 2.45) is 12.8 Å². The lowest BCUT2D eigenvalue weighted by atomic mass is 10.2. The number of nitrogens with one attached hydrogen (secondary N) is 1. The predicted molar refractivity (Wildman–Crippen MR) is 76.4 cm³/mol. The molecule has 1 aromatic carbocycles. The van der Waals surface area contributed by atoms with Crippen LogP contribution in [0.2, 0.25) is 0 Å². The monoisotopic (exact) mass is 290 g/mol. The number of aromatic nitrogens is 2. The van der Waals surface area contributed by atoms with Gasteiger partial charge in [0, 0.05) is 24.9 Å². The van der Waals surface area contributed by atoms with E-state index in [4.69, 9.17) is 5.73 Å². The Morgan fingerprint density at radius 1 is 1.40 bits per heavy atom. The number of nitrogens with two attached hydrogens (primary N) is 1. The van der Waals surface area contributed by atoms with E-state index in [-0.39, 0.29) is 17.3 Å². The fourth-order valence-corrected chi connectivity index (χ4v) is 2.60. The Morgan fingerprint density at radius 3 is 2.85 bits per heavy atom. The minimum Gasteiger partial charge on any atom is -0.320 e. The number of hydrogen-bond donors (Lipinski definition) is 2. The first-order valence-corrected chi connectivity index (χ1v) is 7.31. The van der Waals surface area contributed by atoms with E-state index in [9.17, 15) is 8.42 Å². The van der Waals surface area contributed by atoms with Crippen molar-refractivity contribution in [2.45, 2.75) is 4.90 Å². The minimum absolute atomic E-state index is 0.131. The Hall–Kier alpha value is -2.30. The third kappa shape index (κ3) is 3.38. The van der Waals surface area contributed by atoms with Crippen LogP contribution in [0.15, 0.2) is 41.4 Å². The molecule has 3 N–H and O–H groups in total. The highest BCUT2D eigenvalue weighted by molar-refractivity contribution is 7.92. The number of hydrogen-bond acceptors (Lipinski definition) is 4. The molecule has 20 heavy (non-hydrogen) atoms. The first kappa shape index (κ1) is 14.1. The maximum atomic E-state index is 12.2. The van der Waals surface area contributed by atoms with Crippen molar-refractivity contribution in [2.75, 3.05) is 11.3 Å². The molecule has 0 unspecified atom stereocenters. The number of anilines is 1. The van der Waals surface area contributed by atoms with Gasteiger partial charge < -0.3 is 5.73 Å². The van der Waals surface area contributed by atoms with Crippen molar-refractivity contribution in [3.05, 3.63) is 42.1 Å². The summed E-state index contributed by atoms with van der Waals surface area (Å²) in [5.74, 6) is 5.75. The van der Waals surface area contributed by atoms with Gasteiger partial charge in [0.05, 0.1) is 11.4 Å². The molecule has 0 spiro atoms. The lowest BCUT2D eigenvalue weighted by Gasteiger charge is -2.05. The van der Waals surface area contributed by atoms with Gasteiger partial charge in [-0.3, -0.25) is 9.40 Å². The molecule has 0 aliphatic heterocycles. The highest BCUT2D eigenvalue weighted by atomic mass is 32.2. The van der Waals surface area contributed by atoms with Gasteiger partial charge >= 0.3 is 0 Å². The molecule has 104 valence electrons. The van der Waals surface area contributed by atoms with Gasteiger partial charge in [-0.15, -0.1) is 0 Å². The highest BCUT2D eigenvalue weighted by Gasteiger charge is 2.15. The van der Waals surface area contributed by atoms with E-state index in [2.05, 4.69) is 21.7 Å². The minimum atomic E-state index is -3.67. The summed E-state index contributed by atoms with van der Waals surface area (Å²) in [6.07, 6.45) is 1.65. The molecule has 0 fully saturated rings. The van der Waals surface area contributed by atoms with Crippen LogP contribution >= 0.6 is 0 Å². The molecule has 0 aliphatic carbocycles. The quantitative estimate of drug-likeness (QED) is 0.807. The predicted octanol–water partition coefficient (Wildman–Crippen LogP) is 0.531. The van der Waals surface area contributed by atoms with Gasteiger partial charge in [-0.1, -0.05) is 17.9 Å². The van der Waals surface area contributed by atoms with Gasteiger partial charge in [-0.05, 0) is 18.2 Å². The zero-order valence-electron chi connectivity index (χ0n) is 10.9.